The van der Waals surface area contributed by atoms with E-state index in [9.17, 15) is 4.39 Å². The number of benzene rings is 1. The van der Waals surface area contributed by atoms with Gasteiger partial charge in [0.05, 0.1) is 0 Å². The predicted molar refractivity (Wildman–Crippen MR) is 67.1 cm³/mol. The molecule has 0 spiro atoms. The molecule has 0 bridgehead atoms. The molecule has 0 aliphatic heterocycles. The van der Waals surface area contributed by atoms with Crippen molar-refractivity contribution in [1.82, 2.24) is 0 Å². The van der Waals surface area contributed by atoms with Gasteiger partial charge in [-0.15, -0.1) is 0 Å². The van der Waals surface area contributed by atoms with Crippen LogP contribution in [0, 0.1) is 18.2 Å². The van der Waals surface area contributed by atoms with E-state index in [4.69, 9.17) is 17.3 Å². The zero-order chi connectivity index (χ0) is 12.5. The highest BCUT2D eigenvalue weighted by Gasteiger charge is 2.27. The van der Waals surface area contributed by atoms with Gasteiger partial charge in [0, 0.05) is 11.1 Å². The van der Waals surface area contributed by atoms with Crippen molar-refractivity contribution in [2.75, 3.05) is 0 Å². The molecule has 1 aromatic rings. The van der Waals surface area contributed by atoms with E-state index in [-0.39, 0.29) is 17.3 Å². The number of hydrogen-bond donors (Lipinski definition) is 1. The number of aryl methyl sites for hydroxylation is 1. The van der Waals surface area contributed by atoms with Crippen LogP contribution in [0.4, 0.5) is 4.39 Å². The van der Waals surface area contributed by atoms with Crippen LogP contribution >= 0.6 is 11.6 Å². The second-order valence-electron chi connectivity index (χ2n) is 4.94. The van der Waals surface area contributed by atoms with Crippen molar-refractivity contribution in [3.8, 4) is 0 Å². The van der Waals surface area contributed by atoms with Crippen LogP contribution in [-0.2, 0) is 0 Å². The minimum Gasteiger partial charge on any atom is -0.323 e. The molecule has 0 amide bonds. The fraction of sp³-hybridized carbons (Fsp3) is 0.538. The molecular weight excluding hydrogens is 225 g/mol. The van der Waals surface area contributed by atoms with E-state index in [2.05, 4.69) is 20.8 Å². The summed E-state index contributed by atoms with van der Waals surface area (Å²) in [6, 6.07) is 2.92. The van der Waals surface area contributed by atoms with Crippen molar-refractivity contribution in [2.24, 2.45) is 11.1 Å². The van der Waals surface area contributed by atoms with Crippen LogP contribution in [0.2, 0.25) is 5.02 Å². The molecule has 0 radical (unpaired) electrons. The maximum atomic E-state index is 13.3. The van der Waals surface area contributed by atoms with Crippen LogP contribution in [0.5, 0.6) is 0 Å². The molecule has 1 nitrogen and oxygen atoms in total. The third kappa shape index (κ3) is 2.55. The molecule has 1 aromatic carbocycles. The van der Waals surface area contributed by atoms with E-state index >= 15 is 0 Å². The van der Waals surface area contributed by atoms with Gasteiger partial charge in [0.15, 0.2) is 0 Å². The lowest BCUT2D eigenvalue weighted by atomic mass is 9.78. The van der Waals surface area contributed by atoms with Crippen LogP contribution in [0.15, 0.2) is 12.1 Å². The number of nitrogens with two attached hydrogens (primary N) is 1. The van der Waals surface area contributed by atoms with E-state index in [1.807, 2.05) is 0 Å². The van der Waals surface area contributed by atoms with E-state index < -0.39 is 0 Å². The Labute approximate surface area is 102 Å². The lowest BCUT2D eigenvalue weighted by Crippen LogP contribution is -2.29. The van der Waals surface area contributed by atoms with Crippen LogP contribution in [0.1, 0.15) is 44.4 Å². The zero-order valence-corrected chi connectivity index (χ0v) is 11.0. The number of hydrogen-bond acceptors (Lipinski definition) is 1. The van der Waals surface area contributed by atoms with Gasteiger partial charge in [0.2, 0.25) is 0 Å². The largest absolute Gasteiger partial charge is 0.323 e. The smallest absolute Gasteiger partial charge is 0.127 e. The van der Waals surface area contributed by atoms with E-state index in [0.717, 1.165) is 12.0 Å². The molecular formula is C13H19ClFN. The quantitative estimate of drug-likeness (QED) is 0.845. The lowest BCUT2D eigenvalue weighted by Gasteiger charge is -2.31. The normalized spacial score (nSPS) is 13.9. The molecule has 0 fully saturated rings. The Kier molecular flexibility index (Phi) is 3.97. The maximum absolute atomic E-state index is 13.3. The summed E-state index contributed by atoms with van der Waals surface area (Å²) in [6.45, 7) is 7.99. The van der Waals surface area contributed by atoms with Crippen molar-refractivity contribution in [3.63, 3.8) is 0 Å². The van der Waals surface area contributed by atoms with Gasteiger partial charge < -0.3 is 5.73 Å². The molecule has 16 heavy (non-hydrogen) atoms. The summed E-state index contributed by atoms with van der Waals surface area (Å²) in [6.07, 6.45) is 0.945. The summed E-state index contributed by atoms with van der Waals surface area (Å²) in [7, 11) is 0. The Bertz CT molecular complexity index is 388. The van der Waals surface area contributed by atoms with Gasteiger partial charge in [0.25, 0.3) is 0 Å². The Hall–Kier alpha value is -0.600. The molecule has 3 heteroatoms. The molecule has 1 rings (SSSR count). The molecule has 1 atom stereocenters. The van der Waals surface area contributed by atoms with Crippen molar-refractivity contribution in [2.45, 2.75) is 40.2 Å². The van der Waals surface area contributed by atoms with E-state index in [1.54, 1.807) is 13.0 Å². The topological polar surface area (TPSA) is 26.0 Å². The molecule has 0 aromatic heterocycles. The monoisotopic (exact) mass is 243 g/mol. The fourth-order valence-corrected chi connectivity index (χ4v) is 1.83. The first-order valence-corrected chi connectivity index (χ1v) is 5.88. The van der Waals surface area contributed by atoms with Crippen molar-refractivity contribution < 1.29 is 4.39 Å². The predicted octanol–water partition coefficient (Wildman–Crippen LogP) is 4.22. The highest BCUT2D eigenvalue weighted by atomic mass is 35.5. The van der Waals surface area contributed by atoms with Crippen LogP contribution in [0.3, 0.4) is 0 Å². The van der Waals surface area contributed by atoms with Gasteiger partial charge in [-0.05, 0) is 36.0 Å². The second kappa shape index (κ2) is 4.72. The van der Waals surface area contributed by atoms with Gasteiger partial charge in [0.1, 0.15) is 5.82 Å². The van der Waals surface area contributed by atoms with Crippen LogP contribution in [0.25, 0.3) is 0 Å². The first-order chi connectivity index (χ1) is 7.29. The Morgan fingerprint density at radius 3 is 2.50 bits per heavy atom. The third-order valence-corrected chi connectivity index (χ3v) is 3.69. The van der Waals surface area contributed by atoms with Gasteiger partial charge in [-0.2, -0.15) is 0 Å². The van der Waals surface area contributed by atoms with Gasteiger partial charge in [-0.3, -0.25) is 0 Å². The number of rotatable bonds is 3. The highest BCUT2D eigenvalue weighted by Crippen LogP contribution is 2.37. The standard InChI is InChI=1S/C13H19ClFN/c1-5-13(3,4)12(16)9-6-8(2)11(15)7-10(9)14/h6-7,12H,5,16H2,1-4H3. The van der Waals surface area contributed by atoms with Gasteiger partial charge in [-0.25, -0.2) is 4.39 Å². The van der Waals surface area contributed by atoms with E-state index in [1.165, 1.54) is 6.07 Å². The molecule has 0 aliphatic carbocycles. The van der Waals surface area contributed by atoms with Crippen LogP contribution < -0.4 is 5.73 Å². The van der Waals surface area contributed by atoms with Crippen molar-refractivity contribution in [1.29, 1.82) is 0 Å². The summed E-state index contributed by atoms with van der Waals surface area (Å²) in [5, 5.41) is 0.414. The summed E-state index contributed by atoms with van der Waals surface area (Å²) in [5.74, 6) is -0.282. The molecule has 0 saturated carbocycles. The highest BCUT2D eigenvalue weighted by molar-refractivity contribution is 6.31. The molecule has 2 N–H and O–H groups in total. The molecule has 0 aliphatic rings. The first kappa shape index (κ1) is 13.5. The molecule has 0 saturated heterocycles. The fourth-order valence-electron chi connectivity index (χ4n) is 1.56. The zero-order valence-electron chi connectivity index (χ0n) is 10.3. The third-order valence-electron chi connectivity index (χ3n) is 3.37. The SMILES string of the molecule is CCC(C)(C)C(N)c1cc(C)c(F)cc1Cl. The Morgan fingerprint density at radius 1 is 1.44 bits per heavy atom. The molecule has 90 valence electrons. The minimum atomic E-state index is -0.282. The summed E-state index contributed by atoms with van der Waals surface area (Å²) < 4.78 is 13.3. The Morgan fingerprint density at radius 2 is 2.00 bits per heavy atom. The minimum absolute atomic E-state index is 0.0477. The number of halogens is 2. The summed E-state index contributed by atoms with van der Waals surface area (Å²) in [4.78, 5) is 0. The molecule has 0 heterocycles. The maximum Gasteiger partial charge on any atom is 0.127 e. The average Bonchev–Trinajstić information content (AvgIpc) is 2.22. The van der Waals surface area contributed by atoms with Crippen molar-refractivity contribution >= 4 is 11.6 Å². The van der Waals surface area contributed by atoms with Crippen molar-refractivity contribution in [3.05, 3.63) is 34.1 Å². The molecule has 1 unspecified atom stereocenters. The van der Waals surface area contributed by atoms with E-state index in [0.29, 0.717) is 10.6 Å². The second-order valence-corrected chi connectivity index (χ2v) is 5.35. The summed E-state index contributed by atoms with van der Waals surface area (Å²) >= 11 is 6.04. The summed E-state index contributed by atoms with van der Waals surface area (Å²) in [5.41, 5.74) is 7.56. The van der Waals surface area contributed by atoms with Gasteiger partial charge >= 0.3 is 0 Å². The average molecular weight is 244 g/mol. The van der Waals surface area contributed by atoms with Gasteiger partial charge in [-0.1, -0.05) is 38.4 Å². The van der Waals surface area contributed by atoms with Crippen LogP contribution in [-0.4, -0.2) is 0 Å². The lowest BCUT2D eigenvalue weighted by molar-refractivity contribution is 0.278. The Balaban J connectivity index is 3.19. The first-order valence-electron chi connectivity index (χ1n) is 5.50.